The quantitative estimate of drug-likeness (QED) is 0.678. The predicted molar refractivity (Wildman–Crippen MR) is 99.6 cm³/mol. The average molecular weight is 466 g/mol. The molecule has 0 aromatic heterocycles. The first-order chi connectivity index (χ1) is 10.5. The molecule has 0 aliphatic rings. The summed E-state index contributed by atoms with van der Waals surface area (Å²) in [7, 11) is -3.88. The molecular formula is C16H22Br2N2O2S. The summed E-state index contributed by atoms with van der Waals surface area (Å²) in [6, 6.07) is 2.17. The van der Waals surface area contributed by atoms with E-state index in [-0.39, 0.29) is 17.2 Å². The fraction of sp³-hybridized carbons (Fsp3) is 0.562. The summed E-state index contributed by atoms with van der Waals surface area (Å²) in [5.41, 5.74) is 2.33. The molecule has 2 N–H and O–H groups in total. The van der Waals surface area contributed by atoms with Crippen LogP contribution < -0.4 is 5.14 Å². The van der Waals surface area contributed by atoms with Crippen LogP contribution in [-0.4, -0.2) is 8.42 Å². The molecule has 0 heterocycles. The number of nitrogens with two attached hydrogens (primary N) is 1. The molecule has 0 aliphatic heterocycles. The van der Waals surface area contributed by atoms with E-state index in [1.165, 1.54) is 0 Å². The van der Waals surface area contributed by atoms with Gasteiger partial charge in [0.05, 0.1) is 12.5 Å². The standard InChI is InChI=1S/C16H22Br2N2O2S/c1-9(2)7-12-11(5-6-19)14(17)13(8-10(3)4)16(15(12)18)23(20,21)22/h9-10H,5,7-8H2,1-4H3,(H2,20,21,22). The maximum Gasteiger partial charge on any atom is 0.239 e. The maximum absolute atomic E-state index is 12.2. The molecule has 4 nitrogen and oxygen atoms in total. The summed E-state index contributed by atoms with van der Waals surface area (Å²) in [5.74, 6) is 0.574. The Kier molecular flexibility index (Phi) is 7.27. The molecule has 0 saturated heterocycles. The van der Waals surface area contributed by atoms with E-state index in [4.69, 9.17) is 10.4 Å². The zero-order valence-electron chi connectivity index (χ0n) is 13.8. The Labute approximate surface area is 155 Å². The van der Waals surface area contributed by atoms with Gasteiger partial charge in [-0.15, -0.1) is 0 Å². The van der Waals surface area contributed by atoms with Crippen molar-refractivity contribution in [1.29, 1.82) is 5.26 Å². The third kappa shape index (κ3) is 5.02. The lowest BCUT2D eigenvalue weighted by Gasteiger charge is -2.22. The van der Waals surface area contributed by atoms with Crippen LogP contribution in [0.5, 0.6) is 0 Å². The molecule has 0 atom stereocenters. The van der Waals surface area contributed by atoms with Crippen LogP contribution in [0.1, 0.15) is 44.4 Å². The maximum atomic E-state index is 12.2. The van der Waals surface area contributed by atoms with Gasteiger partial charge < -0.3 is 0 Å². The van der Waals surface area contributed by atoms with Crippen LogP contribution in [0, 0.1) is 23.2 Å². The second-order valence-electron chi connectivity index (χ2n) is 6.47. The summed E-state index contributed by atoms with van der Waals surface area (Å²) >= 11 is 6.99. The second kappa shape index (κ2) is 8.11. The first-order valence-electron chi connectivity index (χ1n) is 7.41. The number of benzene rings is 1. The molecule has 0 radical (unpaired) electrons. The lowest BCUT2D eigenvalue weighted by Crippen LogP contribution is -2.19. The molecule has 0 spiro atoms. The highest BCUT2D eigenvalue weighted by Gasteiger charge is 2.27. The van der Waals surface area contributed by atoms with E-state index in [1.807, 2.05) is 13.8 Å². The van der Waals surface area contributed by atoms with Crippen LogP contribution in [-0.2, 0) is 29.3 Å². The zero-order valence-corrected chi connectivity index (χ0v) is 17.8. The highest BCUT2D eigenvalue weighted by atomic mass is 79.9. The van der Waals surface area contributed by atoms with E-state index >= 15 is 0 Å². The topological polar surface area (TPSA) is 84.0 Å². The van der Waals surface area contributed by atoms with Crippen LogP contribution >= 0.6 is 31.9 Å². The van der Waals surface area contributed by atoms with Crippen LogP contribution in [0.15, 0.2) is 13.8 Å². The van der Waals surface area contributed by atoms with E-state index in [0.29, 0.717) is 33.3 Å². The van der Waals surface area contributed by atoms with Gasteiger partial charge in [-0.1, -0.05) is 43.6 Å². The second-order valence-corrected chi connectivity index (χ2v) is 9.55. The lowest BCUT2D eigenvalue weighted by molar-refractivity contribution is 0.588. The Bertz CT molecular complexity index is 736. The molecule has 128 valence electrons. The molecule has 0 unspecified atom stereocenters. The minimum Gasteiger partial charge on any atom is -0.225 e. The summed E-state index contributed by atoms with van der Waals surface area (Å²) in [6.07, 6.45) is 1.45. The normalized spacial score (nSPS) is 12.0. The van der Waals surface area contributed by atoms with Crippen molar-refractivity contribution in [2.75, 3.05) is 0 Å². The van der Waals surface area contributed by atoms with Gasteiger partial charge >= 0.3 is 0 Å². The van der Waals surface area contributed by atoms with Crippen molar-refractivity contribution in [1.82, 2.24) is 0 Å². The smallest absolute Gasteiger partial charge is 0.225 e. The van der Waals surface area contributed by atoms with E-state index in [2.05, 4.69) is 51.8 Å². The third-order valence-corrected chi connectivity index (χ3v) is 6.51. The lowest BCUT2D eigenvalue weighted by atomic mass is 9.92. The Morgan fingerprint density at radius 1 is 1.00 bits per heavy atom. The van der Waals surface area contributed by atoms with Gasteiger partial charge in [0.25, 0.3) is 0 Å². The SMILES string of the molecule is CC(C)Cc1c(Br)c(S(N)(=O)=O)c(CC(C)C)c(Br)c1CC#N. The molecule has 23 heavy (non-hydrogen) atoms. The molecular weight excluding hydrogens is 444 g/mol. The molecule has 0 aliphatic carbocycles. The van der Waals surface area contributed by atoms with Crippen molar-refractivity contribution in [2.45, 2.75) is 51.9 Å². The number of sulfonamides is 1. The van der Waals surface area contributed by atoms with Crippen LogP contribution in [0.4, 0.5) is 0 Å². The average Bonchev–Trinajstić information content (AvgIpc) is 2.37. The highest BCUT2D eigenvalue weighted by Crippen LogP contribution is 2.40. The van der Waals surface area contributed by atoms with Crippen LogP contribution in [0.25, 0.3) is 0 Å². The fourth-order valence-electron chi connectivity index (χ4n) is 2.59. The number of rotatable bonds is 6. The molecule has 0 amide bonds. The molecule has 1 aromatic rings. The summed E-state index contributed by atoms with van der Waals surface area (Å²) in [6.45, 7) is 8.13. The van der Waals surface area contributed by atoms with Gasteiger partial charge in [-0.25, -0.2) is 13.6 Å². The number of primary sulfonamides is 1. The van der Waals surface area contributed by atoms with Gasteiger partial charge in [0.15, 0.2) is 0 Å². The highest BCUT2D eigenvalue weighted by molar-refractivity contribution is 9.11. The first kappa shape index (κ1) is 20.6. The van der Waals surface area contributed by atoms with Crippen molar-refractivity contribution in [3.63, 3.8) is 0 Å². The minimum atomic E-state index is -3.88. The Balaban J connectivity index is 3.88. The van der Waals surface area contributed by atoms with Crippen molar-refractivity contribution in [2.24, 2.45) is 17.0 Å². The van der Waals surface area contributed by atoms with Crippen molar-refractivity contribution < 1.29 is 8.42 Å². The number of halogens is 2. The van der Waals surface area contributed by atoms with Gasteiger partial charge in [-0.05, 0) is 57.3 Å². The first-order valence-corrected chi connectivity index (χ1v) is 10.5. The molecule has 0 bridgehead atoms. The van der Waals surface area contributed by atoms with Gasteiger partial charge in [-0.3, -0.25) is 0 Å². The molecule has 0 fully saturated rings. The minimum absolute atomic E-state index is 0.135. The monoisotopic (exact) mass is 464 g/mol. The summed E-state index contributed by atoms with van der Waals surface area (Å²) < 4.78 is 25.5. The summed E-state index contributed by atoms with van der Waals surface area (Å²) in [4.78, 5) is 0.135. The van der Waals surface area contributed by atoms with E-state index in [9.17, 15) is 8.42 Å². The fourth-order valence-corrected chi connectivity index (χ4v) is 5.68. The number of nitriles is 1. The third-order valence-electron chi connectivity index (χ3n) is 3.40. The number of hydrogen-bond acceptors (Lipinski definition) is 3. The zero-order chi connectivity index (χ0) is 17.9. The van der Waals surface area contributed by atoms with Crippen molar-refractivity contribution in [3.05, 3.63) is 25.6 Å². The van der Waals surface area contributed by atoms with Crippen molar-refractivity contribution in [3.8, 4) is 6.07 Å². The Hall–Kier alpha value is -0.420. The Morgan fingerprint density at radius 3 is 1.87 bits per heavy atom. The molecule has 1 aromatic carbocycles. The Morgan fingerprint density at radius 2 is 1.48 bits per heavy atom. The van der Waals surface area contributed by atoms with Gasteiger partial charge in [0, 0.05) is 8.95 Å². The van der Waals surface area contributed by atoms with Crippen LogP contribution in [0.3, 0.4) is 0 Å². The number of nitrogens with zero attached hydrogens (tertiary/aromatic N) is 1. The van der Waals surface area contributed by atoms with Gasteiger partial charge in [-0.2, -0.15) is 5.26 Å². The number of hydrogen-bond donors (Lipinski definition) is 1. The predicted octanol–water partition coefficient (Wildman–Crippen LogP) is 4.32. The molecule has 1 rings (SSSR count). The van der Waals surface area contributed by atoms with Crippen LogP contribution in [0.2, 0.25) is 0 Å². The molecule has 7 heteroatoms. The van der Waals surface area contributed by atoms with Gasteiger partial charge in [0.2, 0.25) is 10.0 Å². The molecule has 0 saturated carbocycles. The summed E-state index contributed by atoms with van der Waals surface area (Å²) in [5, 5.41) is 14.6. The van der Waals surface area contributed by atoms with E-state index in [0.717, 1.165) is 11.1 Å². The van der Waals surface area contributed by atoms with Crippen molar-refractivity contribution >= 4 is 41.9 Å². The largest absolute Gasteiger partial charge is 0.239 e. The van der Waals surface area contributed by atoms with Gasteiger partial charge in [0.1, 0.15) is 4.90 Å². The van der Waals surface area contributed by atoms with E-state index < -0.39 is 10.0 Å². The van der Waals surface area contributed by atoms with E-state index in [1.54, 1.807) is 0 Å².